The highest BCUT2D eigenvalue weighted by atomic mass is 16.5. The summed E-state index contributed by atoms with van der Waals surface area (Å²) in [6.45, 7) is 0.204. The quantitative estimate of drug-likeness (QED) is 0.248. The van der Waals surface area contributed by atoms with Crippen molar-refractivity contribution in [1.29, 1.82) is 0 Å². The van der Waals surface area contributed by atoms with Gasteiger partial charge in [0.15, 0.2) is 28.4 Å². The number of hydrogen-bond donors (Lipinski definition) is 0. The molecule has 0 unspecified atom stereocenters. The van der Waals surface area contributed by atoms with Gasteiger partial charge in [0.05, 0.1) is 40.9 Å². The highest BCUT2D eigenvalue weighted by Gasteiger charge is 2.22. The van der Waals surface area contributed by atoms with Crippen LogP contribution in [0.2, 0.25) is 0 Å². The number of para-hydroxylation sites is 1. The number of benzene rings is 3. The van der Waals surface area contributed by atoms with Gasteiger partial charge in [-0.2, -0.15) is 4.98 Å². The number of ether oxygens (including phenoxy) is 5. The standard InChI is InChI=1S/C30H28N2O8/c1-35-21-11-10-17(14-22(21)36-2)12-13-32-28(18-15-23(37-3)27(39-5)24(16-18)38-4)31-29-25(30(32)34)26(33)19-8-6-7-9-20(19)40-29/h6-11,14-16H,12-13H2,1-5H3. The molecular weight excluding hydrogens is 516 g/mol. The van der Waals surface area contributed by atoms with Crippen LogP contribution in [0.4, 0.5) is 0 Å². The zero-order valence-corrected chi connectivity index (χ0v) is 22.8. The summed E-state index contributed by atoms with van der Waals surface area (Å²) in [4.78, 5) is 32.1. The Labute approximate surface area is 229 Å². The topological polar surface area (TPSA) is 111 Å². The molecule has 0 amide bonds. The van der Waals surface area contributed by atoms with Crippen LogP contribution in [0.25, 0.3) is 33.5 Å². The van der Waals surface area contributed by atoms with Gasteiger partial charge in [-0.1, -0.05) is 18.2 Å². The van der Waals surface area contributed by atoms with Crippen LogP contribution in [0.1, 0.15) is 5.56 Å². The Bertz CT molecular complexity index is 1820. The fourth-order valence-corrected chi connectivity index (χ4v) is 4.70. The fourth-order valence-electron chi connectivity index (χ4n) is 4.70. The highest BCUT2D eigenvalue weighted by Crippen LogP contribution is 2.41. The molecule has 2 aromatic heterocycles. The highest BCUT2D eigenvalue weighted by molar-refractivity contribution is 5.88. The van der Waals surface area contributed by atoms with Crippen molar-refractivity contribution in [3.63, 3.8) is 0 Å². The molecule has 206 valence electrons. The molecule has 5 aromatic rings. The lowest BCUT2D eigenvalue weighted by atomic mass is 10.1. The molecule has 10 heteroatoms. The summed E-state index contributed by atoms with van der Waals surface area (Å²) in [5.74, 6) is 2.61. The molecule has 0 bridgehead atoms. The Balaban J connectivity index is 1.75. The molecule has 0 N–H and O–H groups in total. The Morgan fingerprint density at radius 1 is 0.775 bits per heavy atom. The van der Waals surface area contributed by atoms with Gasteiger partial charge in [-0.15, -0.1) is 0 Å². The van der Waals surface area contributed by atoms with Crippen LogP contribution in [-0.4, -0.2) is 45.1 Å². The van der Waals surface area contributed by atoms with Gasteiger partial charge in [-0.3, -0.25) is 14.2 Å². The first-order valence-electron chi connectivity index (χ1n) is 12.4. The molecule has 0 spiro atoms. The van der Waals surface area contributed by atoms with E-state index in [9.17, 15) is 9.59 Å². The van der Waals surface area contributed by atoms with Crippen LogP contribution in [0.5, 0.6) is 28.7 Å². The molecule has 0 saturated carbocycles. The van der Waals surface area contributed by atoms with Gasteiger partial charge in [-0.25, -0.2) is 0 Å². The zero-order chi connectivity index (χ0) is 28.4. The largest absolute Gasteiger partial charge is 0.493 e. The molecule has 10 nitrogen and oxygen atoms in total. The van der Waals surface area contributed by atoms with E-state index in [1.165, 1.54) is 25.9 Å². The smallest absolute Gasteiger partial charge is 0.269 e. The average molecular weight is 545 g/mol. The number of hydrogen-bond acceptors (Lipinski definition) is 9. The van der Waals surface area contributed by atoms with Gasteiger partial charge in [0.1, 0.15) is 11.4 Å². The Hall–Kier alpha value is -4.99. The average Bonchev–Trinajstić information content (AvgIpc) is 2.99. The van der Waals surface area contributed by atoms with E-state index in [1.54, 1.807) is 56.7 Å². The molecule has 0 aliphatic rings. The van der Waals surface area contributed by atoms with Gasteiger partial charge in [0, 0.05) is 12.1 Å². The normalized spacial score (nSPS) is 11.0. The van der Waals surface area contributed by atoms with E-state index in [1.807, 2.05) is 12.1 Å². The van der Waals surface area contributed by atoms with E-state index in [0.717, 1.165) is 5.56 Å². The van der Waals surface area contributed by atoms with Gasteiger partial charge < -0.3 is 28.1 Å². The summed E-state index contributed by atoms with van der Waals surface area (Å²) in [5.41, 5.74) is 0.729. The second kappa shape index (κ2) is 11.0. The van der Waals surface area contributed by atoms with Crippen LogP contribution in [0.3, 0.4) is 0 Å². The molecule has 2 heterocycles. The van der Waals surface area contributed by atoms with E-state index in [-0.39, 0.29) is 23.5 Å². The minimum absolute atomic E-state index is 0.0557. The summed E-state index contributed by atoms with van der Waals surface area (Å²) in [6.07, 6.45) is 0.434. The van der Waals surface area contributed by atoms with E-state index in [0.29, 0.717) is 51.7 Å². The van der Waals surface area contributed by atoms with Crippen molar-refractivity contribution >= 4 is 22.1 Å². The Morgan fingerprint density at radius 3 is 2.10 bits per heavy atom. The molecular formula is C30H28N2O8. The molecule has 0 saturated heterocycles. The third kappa shape index (κ3) is 4.57. The monoisotopic (exact) mass is 544 g/mol. The molecule has 3 aromatic carbocycles. The summed E-state index contributed by atoms with van der Waals surface area (Å²) >= 11 is 0. The number of aryl methyl sites for hydroxylation is 1. The van der Waals surface area contributed by atoms with Crippen molar-refractivity contribution < 1.29 is 28.1 Å². The minimum Gasteiger partial charge on any atom is -0.493 e. The molecule has 0 aliphatic heterocycles. The van der Waals surface area contributed by atoms with E-state index in [4.69, 9.17) is 33.1 Å². The lowest BCUT2D eigenvalue weighted by molar-refractivity contribution is 0.324. The van der Waals surface area contributed by atoms with Crippen molar-refractivity contribution in [3.8, 4) is 40.1 Å². The van der Waals surface area contributed by atoms with Crippen LogP contribution in [0.15, 0.2) is 68.6 Å². The van der Waals surface area contributed by atoms with Crippen molar-refractivity contribution in [2.75, 3.05) is 35.5 Å². The number of nitrogens with zero attached hydrogens (tertiary/aromatic N) is 2. The summed E-state index contributed by atoms with van der Waals surface area (Å²) < 4.78 is 34.7. The van der Waals surface area contributed by atoms with Crippen LogP contribution < -0.4 is 34.7 Å². The Kier molecular flexibility index (Phi) is 7.33. The van der Waals surface area contributed by atoms with Crippen molar-refractivity contribution in [3.05, 3.63) is 80.7 Å². The SMILES string of the molecule is COc1ccc(CCn2c(-c3cc(OC)c(OC)c(OC)c3)nc3oc4ccccc4c(=O)c3c2=O)cc1OC. The third-order valence-corrected chi connectivity index (χ3v) is 6.70. The first kappa shape index (κ1) is 26.6. The maximum Gasteiger partial charge on any atom is 0.269 e. The number of fused-ring (bicyclic) bond motifs is 2. The molecule has 0 aliphatic carbocycles. The van der Waals surface area contributed by atoms with Crippen molar-refractivity contribution in [1.82, 2.24) is 9.55 Å². The maximum atomic E-state index is 14.0. The lowest BCUT2D eigenvalue weighted by Crippen LogP contribution is -2.28. The molecule has 0 radical (unpaired) electrons. The van der Waals surface area contributed by atoms with Crippen molar-refractivity contribution in [2.45, 2.75) is 13.0 Å². The van der Waals surface area contributed by atoms with Gasteiger partial charge in [0.25, 0.3) is 5.56 Å². The third-order valence-electron chi connectivity index (χ3n) is 6.70. The second-order valence-electron chi connectivity index (χ2n) is 8.85. The van der Waals surface area contributed by atoms with Crippen LogP contribution >= 0.6 is 0 Å². The first-order chi connectivity index (χ1) is 19.4. The van der Waals surface area contributed by atoms with Crippen LogP contribution in [-0.2, 0) is 13.0 Å². The van der Waals surface area contributed by atoms with Gasteiger partial charge in [-0.05, 0) is 48.4 Å². The number of rotatable bonds is 9. The first-order valence-corrected chi connectivity index (χ1v) is 12.4. The predicted octanol–water partition coefficient (Wildman–Crippen LogP) is 4.46. The number of aromatic nitrogens is 2. The van der Waals surface area contributed by atoms with Gasteiger partial charge >= 0.3 is 0 Å². The van der Waals surface area contributed by atoms with Gasteiger partial charge in [0.2, 0.25) is 16.9 Å². The molecule has 0 atom stereocenters. The second-order valence-corrected chi connectivity index (χ2v) is 8.85. The van der Waals surface area contributed by atoms with E-state index in [2.05, 4.69) is 0 Å². The van der Waals surface area contributed by atoms with E-state index < -0.39 is 11.0 Å². The molecule has 0 fully saturated rings. The predicted molar refractivity (Wildman–Crippen MR) is 150 cm³/mol. The zero-order valence-electron chi connectivity index (χ0n) is 22.8. The number of methoxy groups -OCH3 is 5. The maximum absolute atomic E-state index is 14.0. The fraction of sp³-hybridized carbons (Fsp3) is 0.233. The van der Waals surface area contributed by atoms with Crippen molar-refractivity contribution in [2.24, 2.45) is 0 Å². The molecule has 40 heavy (non-hydrogen) atoms. The molecule has 5 rings (SSSR count). The van der Waals surface area contributed by atoms with E-state index >= 15 is 0 Å². The summed E-state index contributed by atoms with van der Waals surface area (Å²) in [7, 11) is 7.64. The summed E-state index contributed by atoms with van der Waals surface area (Å²) in [5, 5.41) is 0.183. The van der Waals surface area contributed by atoms with Crippen LogP contribution in [0, 0.1) is 0 Å². The summed E-state index contributed by atoms with van der Waals surface area (Å²) in [6, 6.07) is 15.7. The lowest BCUT2D eigenvalue weighted by Gasteiger charge is -2.17. The minimum atomic E-state index is -0.520. The Morgan fingerprint density at radius 2 is 1.45 bits per heavy atom.